The highest BCUT2D eigenvalue weighted by atomic mass is 79.9. The molecule has 1 aromatic carbocycles. The van der Waals surface area contributed by atoms with Crippen molar-refractivity contribution >= 4 is 15.9 Å². The number of alkyl halides is 1. The minimum absolute atomic E-state index is 0.603. The molecule has 0 amide bonds. The van der Waals surface area contributed by atoms with Crippen LogP contribution in [0.15, 0.2) is 28.7 Å². The average Bonchev–Trinajstić information content (AvgIpc) is 2.14. The Balaban J connectivity index is 2.18. The first-order valence-corrected chi connectivity index (χ1v) is 5.59. The van der Waals surface area contributed by atoms with Crippen molar-refractivity contribution in [2.45, 2.75) is 31.0 Å². The SMILES string of the molecule is NC1(C(F)c2ccc(Br)cc2)CCC1. The Morgan fingerprint density at radius 3 is 2.29 bits per heavy atom. The van der Waals surface area contributed by atoms with E-state index >= 15 is 0 Å². The lowest BCUT2D eigenvalue weighted by Crippen LogP contribution is -2.50. The molecule has 1 atom stereocenters. The number of halogens is 2. The molecule has 0 radical (unpaired) electrons. The molecule has 1 saturated carbocycles. The summed E-state index contributed by atoms with van der Waals surface area (Å²) in [6, 6.07) is 7.29. The van der Waals surface area contributed by atoms with Crippen molar-refractivity contribution in [1.29, 1.82) is 0 Å². The summed E-state index contributed by atoms with van der Waals surface area (Å²) in [6.07, 6.45) is 1.62. The van der Waals surface area contributed by atoms with E-state index in [2.05, 4.69) is 15.9 Å². The second kappa shape index (κ2) is 3.63. The quantitative estimate of drug-likeness (QED) is 0.864. The molecule has 1 nitrogen and oxygen atoms in total. The van der Waals surface area contributed by atoms with Gasteiger partial charge in [-0.05, 0) is 37.0 Å². The summed E-state index contributed by atoms with van der Waals surface area (Å²) >= 11 is 3.32. The van der Waals surface area contributed by atoms with Crippen molar-refractivity contribution in [1.82, 2.24) is 0 Å². The highest BCUT2D eigenvalue weighted by Crippen LogP contribution is 2.42. The normalized spacial score (nSPS) is 21.4. The summed E-state index contributed by atoms with van der Waals surface area (Å²) < 4.78 is 14.9. The van der Waals surface area contributed by atoms with Gasteiger partial charge in [-0.15, -0.1) is 0 Å². The van der Waals surface area contributed by atoms with Crippen LogP contribution in [0.1, 0.15) is 31.0 Å². The smallest absolute Gasteiger partial charge is 0.143 e. The molecule has 0 spiro atoms. The van der Waals surface area contributed by atoms with Gasteiger partial charge < -0.3 is 5.73 Å². The molecule has 0 aromatic heterocycles. The third-order valence-electron chi connectivity index (χ3n) is 2.95. The highest BCUT2D eigenvalue weighted by Gasteiger charge is 2.41. The minimum atomic E-state index is -1.02. The van der Waals surface area contributed by atoms with Gasteiger partial charge in [-0.1, -0.05) is 28.1 Å². The van der Waals surface area contributed by atoms with E-state index in [1.807, 2.05) is 12.1 Å². The third kappa shape index (κ3) is 1.71. The van der Waals surface area contributed by atoms with Crippen LogP contribution in [-0.4, -0.2) is 5.54 Å². The van der Waals surface area contributed by atoms with E-state index in [0.29, 0.717) is 5.56 Å². The maximum Gasteiger partial charge on any atom is 0.143 e. The summed E-state index contributed by atoms with van der Waals surface area (Å²) in [5, 5.41) is 0. The third-order valence-corrected chi connectivity index (χ3v) is 3.48. The van der Waals surface area contributed by atoms with Gasteiger partial charge in [0.25, 0.3) is 0 Å². The Morgan fingerprint density at radius 2 is 1.86 bits per heavy atom. The maximum absolute atomic E-state index is 14.0. The number of rotatable bonds is 2. The molecule has 14 heavy (non-hydrogen) atoms. The van der Waals surface area contributed by atoms with Gasteiger partial charge in [0.1, 0.15) is 6.17 Å². The predicted molar refractivity (Wildman–Crippen MR) is 58.8 cm³/mol. The molecular formula is C11H13BrFN. The maximum atomic E-state index is 14.0. The zero-order valence-corrected chi connectivity index (χ0v) is 9.43. The van der Waals surface area contributed by atoms with E-state index < -0.39 is 11.7 Å². The fourth-order valence-corrected chi connectivity index (χ4v) is 2.07. The number of hydrogen-bond donors (Lipinski definition) is 1. The Kier molecular flexibility index (Phi) is 2.62. The zero-order chi connectivity index (χ0) is 10.2. The van der Waals surface area contributed by atoms with Crippen molar-refractivity contribution in [2.24, 2.45) is 5.73 Å². The number of hydrogen-bond acceptors (Lipinski definition) is 1. The van der Waals surface area contributed by atoms with E-state index in [9.17, 15) is 4.39 Å². The van der Waals surface area contributed by atoms with Crippen molar-refractivity contribution in [2.75, 3.05) is 0 Å². The molecule has 0 heterocycles. The van der Waals surface area contributed by atoms with Crippen LogP contribution >= 0.6 is 15.9 Å². The zero-order valence-electron chi connectivity index (χ0n) is 7.84. The van der Waals surface area contributed by atoms with Crippen molar-refractivity contribution in [3.05, 3.63) is 34.3 Å². The van der Waals surface area contributed by atoms with Gasteiger partial charge in [0, 0.05) is 4.47 Å². The van der Waals surface area contributed by atoms with Gasteiger partial charge in [-0.25, -0.2) is 4.39 Å². The lowest BCUT2D eigenvalue weighted by atomic mass is 9.72. The number of benzene rings is 1. The molecule has 3 heteroatoms. The van der Waals surface area contributed by atoms with Gasteiger partial charge in [0.15, 0.2) is 0 Å². The summed E-state index contributed by atoms with van der Waals surface area (Å²) in [5.41, 5.74) is 6.02. The van der Waals surface area contributed by atoms with Crippen LogP contribution in [0.2, 0.25) is 0 Å². The average molecular weight is 258 g/mol. The number of nitrogens with two attached hydrogens (primary N) is 1. The second-order valence-electron chi connectivity index (χ2n) is 4.00. The van der Waals surface area contributed by atoms with Crippen molar-refractivity contribution in [3.8, 4) is 0 Å². The van der Waals surface area contributed by atoms with E-state index in [4.69, 9.17) is 5.73 Å². The van der Waals surface area contributed by atoms with Crippen LogP contribution in [-0.2, 0) is 0 Å². The van der Waals surface area contributed by atoms with Crippen LogP contribution in [0.4, 0.5) is 4.39 Å². The van der Waals surface area contributed by atoms with Gasteiger partial charge in [-0.2, -0.15) is 0 Å². The van der Waals surface area contributed by atoms with E-state index in [0.717, 1.165) is 23.7 Å². The summed E-state index contributed by atoms with van der Waals surface area (Å²) in [5.74, 6) is 0. The fraction of sp³-hybridized carbons (Fsp3) is 0.455. The highest BCUT2D eigenvalue weighted by molar-refractivity contribution is 9.10. The first-order chi connectivity index (χ1) is 6.62. The Morgan fingerprint density at radius 1 is 1.29 bits per heavy atom. The molecule has 1 fully saturated rings. The van der Waals surface area contributed by atoms with E-state index in [1.165, 1.54) is 0 Å². The summed E-state index contributed by atoms with van der Waals surface area (Å²) in [4.78, 5) is 0. The largest absolute Gasteiger partial charge is 0.322 e. The van der Waals surface area contributed by atoms with Gasteiger partial charge >= 0.3 is 0 Å². The molecule has 0 saturated heterocycles. The van der Waals surface area contributed by atoms with E-state index in [-0.39, 0.29) is 0 Å². The molecule has 1 unspecified atom stereocenters. The molecule has 1 aliphatic carbocycles. The summed E-state index contributed by atoms with van der Waals surface area (Å²) in [7, 11) is 0. The summed E-state index contributed by atoms with van der Waals surface area (Å²) in [6.45, 7) is 0. The predicted octanol–water partition coefficient (Wildman–Crippen LogP) is 3.34. The first-order valence-electron chi connectivity index (χ1n) is 4.80. The monoisotopic (exact) mass is 257 g/mol. The lowest BCUT2D eigenvalue weighted by Gasteiger charge is -2.40. The van der Waals surface area contributed by atoms with Crippen LogP contribution < -0.4 is 5.73 Å². The van der Waals surface area contributed by atoms with Crippen LogP contribution in [0.5, 0.6) is 0 Å². The molecule has 1 aliphatic rings. The van der Waals surface area contributed by atoms with E-state index in [1.54, 1.807) is 12.1 Å². The lowest BCUT2D eigenvalue weighted by molar-refractivity contribution is 0.108. The van der Waals surface area contributed by atoms with Crippen molar-refractivity contribution < 1.29 is 4.39 Å². The van der Waals surface area contributed by atoms with Crippen LogP contribution in [0.3, 0.4) is 0 Å². The standard InChI is InChI=1S/C11H13BrFN/c12-9-4-2-8(3-5-9)10(13)11(14)6-1-7-11/h2-5,10H,1,6-7,14H2. The Bertz CT molecular complexity index is 319. The molecule has 0 aliphatic heterocycles. The van der Waals surface area contributed by atoms with Gasteiger partial charge in [0.05, 0.1) is 5.54 Å². The van der Waals surface area contributed by atoms with Crippen LogP contribution in [0, 0.1) is 0 Å². The van der Waals surface area contributed by atoms with Crippen molar-refractivity contribution in [3.63, 3.8) is 0 Å². The topological polar surface area (TPSA) is 26.0 Å². The molecule has 0 bridgehead atoms. The second-order valence-corrected chi connectivity index (χ2v) is 4.92. The Labute approximate surface area is 91.6 Å². The van der Waals surface area contributed by atoms with Gasteiger partial charge in [-0.3, -0.25) is 0 Å². The van der Waals surface area contributed by atoms with Gasteiger partial charge in [0.2, 0.25) is 0 Å². The van der Waals surface area contributed by atoms with Crippen LogP contribution in [0.25, 0.3) is 0 Å². The molecular weight excluding hydrogens is 245 g/mol. The first kappa shape index (κ1) is 10.1. The Hall–Kier alpha value is -0.410. The minimum Gasteiger partial charge on any atom is -0.322 e. The molecule has 76 valence electrons. The molecule has 1 aromatic rings. The molecule has 2 N–H and O–H groups in total. The fourth-order valence-electron chi connectivity index (χ4n) is 1.80. The molecule has 2 rings (SSSR count).